The number of fused-ring (bicyclic) bond motifs is 7. The van der Waals surface area contributed by atoms with E-state index < -0.39 is 16.1 Å². The predicted molar refractivity (Wildman–Crippen MR) is 284 cm³/mol. The van der Waals surface area contributed by atoms with E-state index >= 15 is 0 Å². The zero-order valence-electron chi connectivity index (χ0n) is 39.6. The second-order valence-electron chi connectivity index (χ2n) is 22.0. The van der Waals surface area contributed by atoms with Crippen molar-refractivity contribution in [2.24, 2.45) is 0 Å². The summed E-state index contributed by atoms with van der Waals surface area (Å²) in [4.78, 5) is 8.06. The van der Waals surface area contributed by atoms with Crippen LogP contribution in [0.4, 0.5) is 45.5 Å². The molecule has 7 aromatic carbocycles. The number of nitrogens with zero attached hydrogens (tertiary/aromatic N) is 3. The molecule has 0 spiro atoms. The van der Waals surface area contributed by atoms with E-state index in [1.54, 1.807) is 0 Å². The highest BCUT2D eigenvalue weighted by atomic mass is 28.3. The van der Waals surface area contributed by atoms with Gasteiger partial charge in [-0.2, -0.15) is 0 Å². The van der Waals surface area contributed by atoms with Gasteiger partial charge in [0.05, 0.1) is 27.4 Å². The van der Waals surface area contributed by atoms with Gasteiger partial charge in [0.25, 0.3) is 6.71 Å². The molecule has 2 atom stereocenters. The second kappa shape index (κ2) is 14.5. The third kappa shape index (κ3) is 6.19. The normalized spacial score (nSPS) is 19.5. The molecular weight excluding hydrogens is 806 g/mol. The van der Waals surface area contributed by atoms with E-state index in [2.05, 4.69) is 227 Å². The van der Waals surface area contributed by atoms with E-state index in [1.165, 1.54) is 119 Å². The molecule has 0 radical (unpaired) electrons. The monoisotopic (exact) mass is 867 g/mol. The Bertz CT molecular complexity index is 2930. The van der Waals surface area contributed by atoms with E-state index in [1.807, 2.05) is 0 Å². The SMILES string of the molecule is Cc1cccc(N2c3cc(C)ccc3B3c4cc(-c5ccccc5)cc5c4N(c4cc(N(c6ccc([Si](C)(C)C)cc6)c6ccc([Si](C)(C)C)cc6)cc2c43)C2(C)CCCCC52C)c1. The van der Waals surface area contributed by atoms with Gasteiger partial charge in [0.2, 0.25) is 0 Å². The molecule has 11 rings (SSSR count). The fourth-order valence-electron chi connectivity index (χ4n) is 12.1. The van der Waals surface area contributed by atoms with Crippen LogP contribution >= 0.6 is 0 Å². The van der Waals surface area contributed by atoms with Gasteiger partial charge in [0.1, 0.15) is 0 Å². The van der Waals surface area contributed by atoms with Gasteiger partial charge in [-0.15, -0.1) is 0 Å². The summed E-state index contributed by atoms with van der Waals surface area (Å²) in [5.41, 5.74) is 20.9. The molecule has 2 unspecified atom stereocenters. The number of hydrogen-bond acceptors (Lipinski definition) is 3. The summed E-state index contributed by atoms with van der Waals surface area (Å²) >= 11 is 0. The van der Waals surface area contributed by atoms with Crippen molar-refractivity contribution in [3.05, 3.63) is 162 Å². The summed E-state index contributed by atoms with van der Waals surface area (Å²) in [6, 6.07) is 57.0. The minimum absolute atomic E-state index is 0.0259. The summed E-state index contributed by atoms with van der Waals surface area (Å²) in [5.74, 6) is 0. The second-order valence-corrected chi connectivity index (χ2v) is 32.1. The maximum Gasteiger partial charge on any atom is 0.252 e. The van der Waals surface area contributed by atoms with Crippen LogP contribution in [0, 0.1) is 13.8 Å². The van der Waals surface area contributed by atoms with E-state index in [-0.39, 0.29) is 17.7 Å². The highest BCUT2D eigenvalue weighted by Gasteiger charge is 2.61. The average molecular weight is 868 g/mol. The lowest BCUT2D eigenvalue weighted by atomic mass is 9.33. The summed E-state index contributed by atoms with van der Waals surface area (Å²) in [5, 5.41) is 2.96. The van der Waals surface area contributed by atoms with Gasteiger partial charge in [-0.1, -0.05) is 154 Å². The molecule has 0 saturated heterocycles. The topological polar surface area (TPSA) is 9.72 Å². The third-order valence-corrected chi connectivity index (χ3v) is 19.9. The smallest absolute Gasteiger partial charge is 0.252 e. The number of benzene rings is 7. The van der Waals surface area contributed by atoms with Crippen molar-refractivity contribution in [3.63, 3.8) is 0 Å². The van der Waals surface area contributed by atoms with Gasteiger partial charge < -0.3 is 14.7 Å². The molecule has 320 valence electrons. The molecule has 3 heterocycles. The van der Waals surface area contributed by atoms with Gasteiger partial charge in [-0.05, 0) is 138 Å². The van der Waals surface area contributed by atoms with Crippen molar-refractivity contribution in [1.29, 1.82) is 0 Å². The van der Waals surface area contributed by atoms with Crippen LogP contribution in [0.2, 0.25) is 39.3 Å². The summed E-state index contributed by atoms with van der Waals surface area (Å²) in [6.07, 6.45) is 4.82. The maximum absolute atomic E-state index is 2.89. The first-order chi connectivity index (χ1) is 30.5. The molecule has 64 heavy (non-hydrogen) atoms. The molecule has 6 heteroatoms. The van der Waals surface area contributed by atoms with Crippen LogP contribution in [0.1, 0.15) is 56.2 Å². The molecule has 0 amide bonds. The first-order valence-corrected chi connectivity index (χ1v) is 30.8. The lowest BCUT2D eigenvalue weighted by molar-refractivity contribution is 0.195. The Kier molecular flexibility index (Phi) is 9.31. The molecule has 3 aliphatic heterocycles. The van der Waals surface area contributed by atoms with Gasteiger partial charge in [0.15, 0.2) is 0 Å². The van der Waals surface area contributed by atoms with E-state index in [0.29, 0.717) is 0 Å². The van der Waals surface area contributed by atoms with Crippen LogP contribution in [0.3, 0.4) is 0 Å². The molecule has 0 aromatic heterocycles. The Morgan fingerprint density at radius 2 is 1.16 bits per heavy atom. The molecule has 3 nitrogen and oxygen atoms in total. The first-order valence-electron chi connectivity index (χ1n) is 23.8. The fourth-order valence-corrected chi connectivity index (χ4v) is 14.4. The molecule has 1 saturated carbocycles. The van der Waals surface area contributed by atoms with Crippen molar-refractivity contribution in [1.82, 2.24) is 0 Å². The lowest BCUT2D eigenvalue weighted by Crippen LogP contribution is -2.64. The van der Waals surface area contributed by atoms with Crippen LogP contribution in [0.5, 0.6) is 0 Å². The Labute approximate surface area is 384 Å². The molecule has 4 aliphatic rings. The predicted octanol–water partition coefficient (Wildman–Crippen LogP) is 12.9. The van der Waals surface area contributed by atoms with E-state index in [4.69, 9.17) is 0 Å². The molecule has 1 aliphatic carbocycles. The van der Waals surface area contributed by atoms with Crippen molar-refractivity contribution < 1.29 is 0 Å². The molecule has 1 fully saturated rings. The summed E-state index contributed by atoms with van der Waals surface area (Å²) in [6.45, 7) is 24.5. The zero-order valence-corrected chi connectivity index (χ0v) is 41.6. The van der Waals surface area contributed by atoms with Crippen LogP contribution in [-0.4, -0.2) is 28.4 Å². The zero-order chi connectivity index (χ0) is 44.5. The summed E-state index contributed by atoms with van der Waals surface area (Å²) in [7, 11) is -3.06. The number of aryl methyl sites for hydroxylation is 2. The van der Waals surface area contributed by atoms with Crippen molar-refractivity contribution in [2.45, 2.75) is 104 Å². The highest BCUT2D eigenvalue weighted by Crippen LogP contribution is 2.62. The first kappa shape index (κ1) is 41.2. The molecule has 7 aromatic rings. The van der Waals surface area contributed by atoms with E-state index in [0.717, 1.165) is 6.42 Å². The Hall–Kier alpha value is -5.56. The standard InChI is InChI=1S/C58H62BN3Si2/c1-39-17-16-20-45(33-39)61-52-34-40(2)21-30-50(52)59-51-36-42(41-18-12-11-13-19-41)35-49-56(51)62(58(4)32-15-14-31-57(49,58)3)54-38-46(37-53(61)55(54)59)60(43-22-26-47(27-23-43)63(5,6)7)44-24-28-48(29-25-44)64(8,9)10/h11-13,16-30,33-38H,14-15,31-32H2,1-10H3. The third-order valence-electron chi connectivity index (χ3n) is 15.8. The van der Waals surface area contributed by atoms with Gasteiger partial charge >= 0.3 is 0 Å². The highest BCUT2D eigenvalue weighted by molar-refractivity contribution is 7.00. The van der Waals surface area contributed by atoms with Gasteiger partial charge in [0, 0.05) is 45.2 Å². The maximum atomic E-state index is 2.89. The van der Waals surface area contributed by atoms with Crippen LogP contribution in [0.15, 0.2) is 146 Å². The van der Waals surface area contributed by atoms with Crippen LogP contribution < -0.4 is 41.5 Å². The van der Waals surface area contributed by atoms with E-state index in [9.17, 15) is 0 Å². The molecule has 0 bridgehead atoms. The van der Waals surface area contributed by atoms with Gasteiger partial charge in [-0.3, -0.25) is 0 Å². The van der Waals surface area contributed by atoms with Crippen molar-refractivity contribution in [3.8, 4) is 11.1 Å². The largest absolute Gasteiger partial charge is 0.335 e. The lowest BCUT2D eigenvalue weighted by Gasteiger charge is -2.53. The number of rotatable bonds is 7. The fraction of sp³-hybridized carbons (Fsp3) is 0.276. The van der Waals surface area contributed by atoms with Crippen LogP contribution in [-0.2, 0) is 5.41 Å². The number of anilines is 8. The number of hydrogen-bond donors (Lipinski definition) is 0. The molecular formula is C58H62BN3Si2. The Balaban J connectivity index is 1.26. The minimum atomic E-state index is -1.53. The molecule has 0 N–H and O–H groups in total. The average Bonchev–Trinajstić information content (AvgIpc) is 3.48. The Morgan fingerprint density at radius 1 is 0.531 bits per heavy atom. The Morgan fingerprint density at radius 3 is 1.80 bits per heavy atom. The quantitative estimate of drug-likeness (QED) is 0.148. The van der Waals surface area contributed by atoms with Crippen molar-refractivity contribution >= 4 is 95.1 Å². The van der Waals surface area contributed by atoms with Gasteiger partial charge in [-0.25, -0.2) is 0 Å². The van der Waals surface area contributed by atoms with Crippen LogP contribution in [0.25, 0.3) is 11.1 Å². The van der Waals surface area contributed by atoms with Crippen molar-refractivity contribution in [2.75, 3.05) is 14.7 Å². The minimum Gasteiger partial charge on any atom is -0.335 e. The summed E-state index contributed by atoms with van der Waals surface area (Å²) < 4.78 is 0.